The van der Waals surface area contributed by atoms with Gasteiger partial charge in [0.25, 0.3) is 5.91 Å². The summed E-state index contributed by atoms with van der Waals surface area (Å²) in [5.74, 6) is -0.861. The number of ether oxygens (including phenoxy) is 1. The van der Waals surface area contributed by atoms with E-state index in [4.69, 9.17) is 16.3 Å². The molecule has 0 radical (unpaired) electrons. The molecule has 0 aliphatic carbocycles. The van der Waals surface area contributed by atoms with E-state index in [1.807, 2.05) is 47.4 Å². The number of hydrogen-bond donors (Lipinski definition) is 0. The van der Waals surface area contributed by atoms with E-state index in [9.17, 15) is 14.4 Å². The van der Waals surface area contributed by atoms with Crippen LogP contribution in [-0.2, 0) is 14.3 Å². The quantitative estimate of drug-likeness (QED) is 0.647. The van der Waals surface area contributed by atoms with Gasteiger partial charge in [-0.3, -0.25) is 14.4 Å². The van der Waals surface area contributed by atoms with Gasteiger partial charge in [0.1, 0.15) is 0 Å². The number of piperazine rings is 1. The molecule has 168 valence electrons. The van der Waals surface area contributed by atoms with Gasteiger partial charge in [-0.15, -0.1) is 0 Å². The van der Waals surface area contributed by atoms with E-state index < -0.39 is 5.92 Å². The van der Waals surface area contributed by atoms with Crippen LogP contribution in [0.25, 0.3) is 0 Å². The Bertz CT molecular complexity index is 1010. The molecular formula is C24H26ClN3O4. The third-order valence-corrected chi connectivity index (χ3v) is 6.22. The number of carbonyl (C=O) groups excluding carboxylic acids is 3. The first-order valence-electron chi connectivity index (χ1n) is 10.8. The predicted molar refractivity (Wildman–Crippen MR) is 123 cm³/mol. The van der Waals surface area contributed by atoms with E-state index in [1.54, 1.807) is 17.9 Å². The van der Waals surface area contributed by atoms with Crippen LogP contribution in [0, 0.1) is 5.92 Å². The summed E-state index contributed by atoms with van der Waals surface area (Å²) in [5.41, 5.74) is 2.24. The largest absolute Gasteiger partial charge is 0.466 e. The summed E-state index contributed by atoms with van der Waals surface area (Å²) >= 11 is 6.58. The first kappa shape index (κ1) is 22.1. The Morgan fingerprint density at radius 1 is 1.06 bits per heavy atom. The average molecular weight is 456 g/mol. The average Bonchev–Trinajstić information content (AvgIpc) is 3.21. The van der Waals surface area contributed by atoms with Crippen LogP contribution in [0.2, 0.25) is 5.02 Å². The molecule has 2 aliphatic heterocycles. The molecule has 0 spiro atoms. The van der Waals surface area contributed by atoms with Crippen LogP contribution in [0.1, 0.15) is 23.7 Å². The maximum Gasteiger partial charge on any atom is 0.311 e. The highest BCUT2D eigenvalue weighted by atomic mass is 35.5. The molecule has 1 unspecified atom stereocenters. The lowest BCUT2D eigenvalue weighted by Gasteiger charge is -2.36. The van der Waals surface area contributed by atoms with Gasteiger partial charge in [0.15, 0.2) is 0 Å². The monoisotopic (exact) mass is 455 g/mol. The molecule has 4 rings (SSSR count). The van der Waals surface area contributed by atoms with Gasteiger partial charge in [-0.25, -0.2) is 0 Å². The summed E-state index contributed by atoms with van der Waals surface area (Å²) in [6.07, 6.45) is 0.148. The van der Waals surface area contributed by atoms with Crippen molar-refractivity contribution in [2.24, 2.45) is 5.92 Å². The minimum atomic E-state index is -0.448. The Morgan fingerprint density at radius 3 is 2.44 bits per heavy atom. The fourth-order valence-electron chi connectivity index (χ4n) is 4.21. The van der Waals surface area contributed by atoms with E-state index in [0.717, 1.165) is 5.69 Å². The maximum atomic E-state index is 12.7. The third kappa shape index (κ3) is 4.58. The minimum absolute atomic E-state index is 0.0374. The SMILES string of the molecule is CCOC(=O)C1CC(=O)N(c2ccc(N3CCN(C(=O)c4ccccc4)CC3)c(Cl)c2)C1. The molecule has 2 amide bonds. The first-order valence-corrected chi connectivity index (χ1v) is 11.2. The van der Waals surface area contributed by atoms with E-state index in [-0.39, 0.29) is 24.2 Å². The molecule has 7 nitrogen and oxygen atoms in total. The van der Waals surface area contributed by atoms with E-state index in [0.29, 0.717) is 55.6 Å². The zero-order valence-electron chi connectivity index (χ0n) is 18.0. The Balaban J connectivity index is 1.40. The molecule has 32 heavy (non-hydrogen) atoms. The van der Waals surface area contributed by atoms with Gasteiger partial charge >= 0.3 is 5.97 Å². The standard InChI is InChI=1S/C24H26ClN3O4/c1-2-32-24(31)18-14-22(29)28(16-18)19-8-9-21(20(25)15-19)26-10-12-27(13-11-26)23(30)17-6-4-3-5-7-17/h3-9,15,18H,2,10-14,16H2,1H3. The van der Waals surface area contributed by atoms with Crippen molar-refractivity contribution in [3.63, 3.8) is 0 Å². The van der Waals surface area contributed by atoms with Crippen molar-refractivity contribution in [1.29, 1.82) is 0 Å². The molecule has 1 atom stereocenters. The zero-order chi connectivity index (χ0) is 22.7. The molecule has 2 aliphatic rings. The summed E-state index contributed by atoms with van der Waals surface area (Å²) < 4.78 is 5.06. The second-order valence-electron chi connectivity index (χ2n) is 7.94. The molecule has 2 fully saturated rings. The smallest absolute Gasteiger partial charge is 0.311 e. The van der Waals surface area contributed by atoms with Crippen LogP contribution < -0.4 is 9.80 Å². The molecular weight excluding hydrogens is 430 g/mol. The summed E-state index contributed by atoms with van der Waals surface area (Å²) in [5, 5.41) is 0.540. The molecule has 8 heteroatoms. The van der Waals surface area contributed by atoms with Crippen molar-refractivity contribution in [3.05, 3.63) is 59.1 Å². The fourth-order valence-corrected chi connectivity index (χ4v) is 4.50. The summed E-state index contributed by atoms with van der Waals surface area (Å²) in [6.45, 7) is 4.91. The van der Waals surface area contributed by atoms with Gasteiger partial charge in [0.2, 0.25) is 5.91 Å². The van der Waals surface area contributed by atoms with Gasteiger partial charge in [-0.1, -0.05) is 29.8 Å². The fraction of sp³-hybridized carbons (Fsp3) is 0.375. The van der Waals surface area contributed by atoms with Crippen molar-refractivity contribution in [3.8, 4) is 0 Å². The highest BCUT2D eigenvalue weighted by Crippen LogP contribution is 2.34. The summed E-state index contributed by atoms with van der Waals surface area (Å²) in [4.78, 5) is 42.7. The van der Waals surface area contributed by atoms with Crippen molar-refractivity contribution >= 4 is 40.8 Å². The molecule has 0 N–H and O–H groups in total. The number of benzene rings is 2. The van der Waals surface area contributed by atoms with Crippen LogP contribution in [0.3, 0.4) is 0 Å². The van der Waals surface area contributed by atoms with Crippen molar-refractivity contribution in [1.82, 2.24) is 4.90 Å². The molecule has 2 aromatic rings. The van der Waals surface area contributed by atoms with Crippen molar-refractivity contribution in [2.75, 3.05) is 49.1 Å². The number of carbonyl (C=O) groups is 3. The second-order valence-corrected chi connectivity index (χ2v) is 8.35. The Morgan fingerprint density at radius 2 is 1.78 bits per heavy atom. The molecule has 0 bridgehead atoms. The zero-order valence-corrected chi connectivity index (χ0v) is 18.8. The van der Waals surface area contributed by atoms with Crippen molar-refractivity contribution in [2.45, 2.75) is 13.3 Å². The normalized spacial score (nSPS) is 18.8. The van der Waals surface area contributed by atoms with E-state index >= 15 is 0 Å². The number of nitrogens with zero attached hydrogens (tertiary/aromatic N) is 3. The Kier molecular flexibility index (Phi) is 6.65. The molecule has 2 heterocycles. The van der Waals surface area contributed by atoms with Gasteiger partial charge in [-0.05, 0) is 37.3 Å². The van der Waals surface area contributed by atoms with Gasteiger partial charge in [0.05, 0.1) is 23.2 Å². The highest BCUT2D eigenvalue weighted by Gasteiger charge is 2.36. The second kappa shape index (κ2) is 9.61. The van der Waals surface area contributed by atoms with E-state index in [1.165, 1.54) is 0 Å². The molecule has 2 saturated heterocycles. The van der Waals surface area contributed by atoms with Gasteiger partial charge < -0.3 is 19.4 Å². The number of halogens is 1. The summed E-state index contributed by atoms with van der Waals surface area (Å²) in [6, 6.07) is 14.8. The number of hydrogen-bond acceptors (Lipinski definition) is 5. The third-order valence-electron chi connectivity index (χ3n) is 5.92. The first-order chi connectivity index (χ1) is 15.5. The van der Waals surface area contributed by atoms with Crippen LogP contribution >= 0.6 is 11.6 Å². The topological polar surface area (TPSA) is 70.2 Å². The lowest BCUT2D eigenvalue weighted by atomic mass is 10.1. The van der Waals surface area contributed by atoms with Crippen LogP contribution in [-0.4, -0.2) is 62.0 Å². The van der Waals surface area contributed by atoms with Gasteiger partial charge in [-0.2, -0.15) is 0 Å². The minimum Gasteiger partial charge on any atom is -0.466 e. The predicted octanol–water partition coefficient (Wildman–Crippen LogP) is 3.22. The lowest BCUT2D eigenvalue weighted by Crippen LogP contribution is -2.48. The Labute approximate surface area is 192 Å². The number of rotatable bonds is 5. The number of anilines is 2. The molecule has 0 saturated carbocycles. The van der Waals surface area contributed by atoms with E-state index in [2.05, 4.69) is 4.90 Å². The molecule has 2 aromatic carbocycles. The van der Waals surface area contributed by atoms with Gasteiger partial charge in [0, 0.05) is 50.4 Å². The number of esters is 1. The highest BCUT2D eigenvalue weighted by molar-refractivity contribution is 6.33. The van der Waals surface area contributed by atoms with Crippen LogP contribution in [0.15, 0.2) is 48.5 Å². The lowest BCUT2D eigenvalue weighted by molar-refractivity contribution is -0.147. The van der Waals surface area contributed by atoms with Crippen LogP contribution in [0.4, 0.5) is 11.4 Å². The van der Waals surface area contributed by atoms with Crippen molar-refractivity contribution < 1.29 is 19.1 Å². The number of amides is 2. The maximum absolute atomic E-state index is 12.7. The summed E-state index contributed by atoms with van der Waals surface area (Å²) in [7, 11) is 0. The molecule has 0 aromatic heterocycles. The van der Waals surface area contributed by atoms with Crippen LogP contribution in [0.5, 0.6) is 0 Å². The Hall–Kier alpha value is -3.06.